The summed E-state index contributed by atoms with van der Waals surface area (Å²) in [6, 6.07) is 10.9. The van der Waals surface area contributed by atoms with Crippen LogP contribution in [0, 0.1) is 0 Å². The molecule has 0 fully saturated rings. The van der Waals surface area contributed by atoms with Gasteiger partial charge < -0.3 is 9.47 Å². The second kappa shape index (κ2) is 5.55. The van der Waals surface area contributed by atoms with Crippen LogP contribution < -0.4 is 9.47 Å². The summed E-state index contributed by atoms with van der Waals surface area (Å²) in [6.07, 6.45) is 1.69. The van der Waals surface area contributed by atoms with Crippen molar-refractivity contribution in [2.45, 2.75) is 6.42 Å². The fourth-order valence-corrected chi connectivity index (χ4v) is 2.38. The lowest BCUT2D eigenvalue weighted by atomic mass is 10.00. The van der Waals surface area contributed by atoms with Crippen LogP contribution in [0.2, 0.25) is 5.02 Å². The zero-order chi connectivity index (χ0) is 13.9. The molecule has 0 spiro atoms. The molecular formula is C16H13ClO3. The van der Waals surface area contributed by atoms with E-state index in [0.29, 0.717) is 29.5 Å². The van der Waals surface area contributed by atoms with Crippen molar-refractivity contribution in [3.8, 4) is 22.6 Å². The van der Waals surface area contributed by atoms with Crippen LogP contribution in [0.4, 0.5) is 0 Å². The highest BCUT2D eigenvalue weighted by Gasteiger charge is 2.13. The molecule has 0 radical (unpaired) electrons. The summed E-state index contributed by atoms with van der Waals surface area (Å²) in [5.74, 6) is 1.44. The van der Waals surface area contributed by atoms with Crippen molar-refractivity contribution in [2.24, 2.45) is 0 Å². The van der Waals surface area contributed by atoms with Crippen LogP contribution in [0.15, 0.2) is 36.4 Å². The summed E-state index contributed by atoms with van der Waals surface area (Å²) in [7, 11) is 0. The van der Waals surface area contributed by atoms with Crippen LogP contribution in [0.1, 0.15) is 16.8 Å². The Morgan fingerprint density at radius 2 is 1.80 bits per heavy atom. The Kier molecular flexibility index (Phi) is 3.61. The molecule has 0 saturated carbocycles. The third-order valence-corrected chi connectivity index (χ3v) is 3.44. The summed E-state index contributed by atoms with van der Waals surface area (Å²) in [5, 5.41) is 0.595. The predicted molar refractivity (Wildman–Crippen MR) is 77.9 cm³/mol. The largest absolute Gasteiger partial charge is 0.490 e. The number of fused-ring (bicyclic) bond motifs is 1. The Labute approximate surface area is 122 Å². The molecule has 1 aliphatic heterocycles. The average Bonchev–Trinajstić information content (AvgIpc) is 2.71. The normalized spacial score (nSPS) is 13.7. The highest BCUT2D eigenvalue weighted by Crippen LogP contribution is 2.35. The third-order valence-electron chi connectivity index (χ3n) is 3.20. The Hall–Kier alpha value is -2.00. The van der Waals surface area contributed by atoms with E-state index in [1.807, 2.05) is 18.2 Å². The number of halogens is 1. The van der Waals surface area contributed by atoms with Crippen molar-refractivity contribution in [2.75, 3.05) is 13.2 Å². The lowest BCUT2D eigenvalue weighted by Gasteiger charge is -2.11. The molecule has 3 rings (SSSR count). The van der Waals surface area contributed by atoms with Gasteiger partial charge in [-0.25, -0.2) is 0 Å². The first-order chi connectivity index (χ1) is 9.78. The number of carbonyl (C=O) groups is 1. The maximum absolute atomic E-state index is 11.2. The molecule has 0 amide bonds. The molecule has 0 unspecified atom stereocenters. The maximum atomic E-state index is 11.2. The molecule has 3 nitrogen and oxygen atoms in total. The summed E-state index contributed by atoms with van der Waals surface area (Å²) < 4.78 is 11.3. The van der Waals surface area contributed by atoms with Crippen LogP contribution in [-0.2, 0) is 0 Å². The van der Waals surface area contributed by atoms with Crippen LogP contribution >= 0.6 is 11.6 Å². The lowest BCUT2D eigenvalue weighted by molar-refractivity contribution is 0.112. The average molecular weight is 289 g/mol. The van der Waals surface area contributed by atoms with Crippen molar-refractivity contribution < 1.29 is 14.3 Å². The van der Waals surface area contributed by atoms with E-state index in [4.69, 9.17) is 21.1 Å². The van der Waals surface area contributed by atoms with E-state index in [1.165, 1.54) is 0 Å². The minimum absolute atomic E-state index is 0.595. The third kappa shape index (κ3) is 2.49. The van der Waals surface area contributed by atoms with E-state index in [-0.39, 0.29) is 0 Å². The Balaban J connectivity index is 2.09. The quantitative estimate of drug-likeness (QED) is 0.784. The molecule has 2 aromatic rings. The first-order valence-corrected chi connectivity index (χ1v) is 6.80. The molecule has 0 N–H and O–H groups in total. The molecule has 0 aromatic heterocycles. The Bertz CT molecular complexity index is 652. The van der Waals surface area contributed by atoms with Gasteiger partial charge in [0.15, 0.2) is 17.8 Å². The van der Waals surface area contributed by atoms with Gasteiger partial charge in [-0.1, -0.05) is 17.7 Å². The minimum Gasteiger partial charge on any atom is -0.490 e. The van der Waals surface area contributed by atoms with E-state index < -0.39 is 0 Å². The van der Waals surface area contributed by atoms with Crippen molar-refractivity contribution >= 4 is 17.9 Å². The zero-order valence-corrected chi connectivity index (χ0v) is 11.5. The number of carbonyl (C=O) groups excluding carboxylic acids is 1. The van der Waals surface area contributed by atoms with Gasteiger partial charge in [0.1, 0.15) is 0 Å². The summed E-state index contributed by atoms with van der Waals surface area (Å²) in [6.45, 7) is 1.29. The van der Waals surface area contributed by atoms with Gasteiger partial charge in [-0.05, 0) is 41.5 Å². The smallest absolute Gasteiger partial charge is 0.161 e. The van der Waals surface area contributed by atoms with Crippen LogP contribution in [0.5, 0.6) is 11.5 Å². The molecule has 0 bridgehead atoms. The van der Waals surface area contributed by atoms with E-state index in [2.05, 4.69) is 0 Å². The highest BCUT2D eigenvalue weighted by atomic mass is 35.5. The van der Waals surface area contributed by atoms with Crippen LogP contribution in [0.25, 0.3) is 11.1 Å². The first kappa shape index (κ1) is 13.0. The topological polar surface area (TPSA) is 35.5 Å². The number of hydrogen-bond donors (Lipinski definition) is 0. The van der Waals surface area contributed by atoms with Crippen molar-refractivity contribution in [1.29, 1.82) is 0 Å². The summed E-state index contributed by atoms with van der Waals surface area (Å²) in [5.41, 5.74) is 2.28. The maximum Gasteiger partial charge on any atom is 0.161 e. The summed E-state index contributed by atoms with van der Waals surface area (Å²) in [4.78, 5) is 11.2. The van der Waals surface area contributed by atoms with Gasteiger partial charge in [0.25, 0.3) is 0 Å². The molecule has 0 atom stereocenters. The summed E-state index contributed by atoms with van der Waals surface area (Å²) >= 11 is 6.02. The second-order valence-corrected chi connectivity index (χ2v) is 5.00. The number of hydrogen-bond acceptors (Lipinski definition) is 3. The van der Waals surface area contributed by atoms with Gasteiger partial charge >= 0.3 is 0 Å². The molecule has 1 heterocycles. The SMILES string of the molecule is O=Cc1ccc(Cl)cc1-c1ccc2c(c1)OCCCO2. The highest BCUT2D eigenvalue weighted by molar-refractivity contribution is 6.31. The van der Waals surface area contributed by atoms with Gasteiger partial charge in [0.05, 0.1) is 13.2 Å². The van der Waals surface area contributed by atoms with Crippen molar-refractivity contribution in [3.63, 3.8) is 0 Å². The Morgan fingerprint density at radius 3 is 2.60 bits per heavy atom. The number of aldehydes is 1. The fraction of sp³-hybridized carbons (Fsp3) is 0.188. The van der Waals surface area contributed by atoms with E-state index >= 15 is 0 Å². The number of benzene rings is 2. The minimum atomic E-state index is 0.595. The second-order valence-electron chi connectivity index (χ2n) is 4.56. The van der Waals surface area contributed by atoms with E-state index in [9.17, 15) is 4.79 Å². The van der Waals surface area contributed by atoms with Gasteiger partial charge in [-0.15, -0.1) is 0 Å². The molecule has 20 heavy (non-hydrogen) atoms. The van der Waals surface area contributed by atoms with E-state index in [1.54, 1.807) is 18.2 Å². The molecule has 2 aromatic carbocycles. The molecule has 0 saturated heterocycles. The standard InChI is InChI=1S/C16H13ClO3/c17-13-4-2-12(10-18)14(9-13)11-3-5-15-16(8-11)20-7-1-6-19-15/h2-5,8-10H,1,6-7H2. The van der Waals surface area contributed by atoms with Crippen molar-refractivity contribution in [3.05, 3.63) is 47.0 Å². The molecular weight excluding hydrogens is 276 g/mol. The predicted octanol–water partition coefficient (Wildman–Crippen LogP) is 3.98. The van der Waals surface area contributed by atoms with Crippen LogP contribution in [0.3, 0.4) is 0 Å². The Morgan fingerprint density at radius 1 is 1.00 bits per heavy atom. The van der Waals surface area contributed by atoms with Crippen molar-refractivity contribution in [1.82, 2.24) is 0 Å². The molecule has 0 aliphatic carbocycles. The lowest BCUT2D eigenvalue weighted by Crippen LogP contribution is -1.97. The first-order valence-electron chi connectivity index (χ1n) is 6.43. The number of rotatable bonds is 2. The van der Waals surface area contributed by atoms with Gasteiger partial charge in [-0.3, -0.25) is 4.79 Å². The van der Waals surface area contributed by atoms with Gasteiger partial charge in [-0.2, -0.15) is 0 Å². The molecule has 102 valence electrons. The zero-order valence-electron chi connectivity index (χ0n) is 10.8. The fourth-order valence-electron chi connectivity index (χ4n) is 2.21. The van der Waals surface area contributed by atoms with Gasteiger partial charge in [0, 0.05) is 17.0 Å². The van der Waals surface area contributed by atoms with E-state index in [0.717, 1.165) is 29.6 Å². The number of ether oxygens (including phenoxy) is 2. The van der Waals surface area contributed by atoms with Gasteiger partial charge in [0.2, 0.25) is 0 Å². The van der Waals surface area contributed by atoms with Crippen LogP contribution in [-0.4, -0.2) is 19.5 Å². The molecule has 4 heteroatoms. The molecule has 1 aliphatic rings. The monoisotopic (exact) mass is 288 g/mol.